The van der Waals surface area contributed by atoms with Gasteiger partial charge in [0.1, 0.15) is 11.9 Å². The van der Waals surface area contributed by atoms with Gasteiger partial charge < -0.3 is 9.53 Å². The summed E-state index contributed by atoms with van der Waals surface area (Å²) in [4.78, 5) is 24.9. The zero-order valence-corrected chi connectivity index (χ0v) is 11.6. The molecule has 0 N–H and O–H groups in total. The highest BCUT2D eigenvalue weighted by molar-refractivity contribution is 5.74. The van der Waals surface area contributed by atoms with Gasteiger partial charge in [0, 0.05) is 6.54 Å². The van der Waals surface area contributed by atoms with Gasteiger partial charge in [0.15, 0.2) is 0 Å². The number of nitrogens with zero attached hydrogens (tertiary/aromatic N) is 1. The molecule has 102 valence electrons. The number of rotatable bonds is 1. The minimum absolute atomic E-state index is 0.297. The number of amides is 1. The van der Waals surface area contributed by atoms with Crippen molar-refractivity contribution in [3.63, 3.8) is 0 Å². The third-order valence-electron chi connectivity index (χ3n) is 4.12. The number of carbonyl (C=O) groups is 2. The zero-order valence-electron chi connectivity index (χ0n) is 11.6. The monoisotopic (exact) mass is 253 g/mol. The molecule has 2 fully saturated rings. The second-order valence-electron chi connectivity index (χ2n) is 6.68. The van der Waals surface area contributed by atoms with Gasteiger partial charge in [-0.25, -0.2) is 4.79 Å². The Morgan fingerprint density at radius 3 is 2.44 bits per heavy atom. The lowest BCUT2D eigenvalue weighted by Gasteiger charge is -2.50. The van der Waals surface area contributed by atoms with Gasteiger partial charge in [0.2, 0.25) is 0 Å². The van der Waals surface area contributed by atoms with Crippen molar-refractivity contribution in [3.05, 3.63) is 0 Å². The molecule has 1 saturated carbocycles. The number of hydrogen-bond donors (Lipinski definition) is 0. The van der Waals surface area contributed by atoms with Gasteiger partial charge in [0.05, 0.1) is 6.04 Å². The molecule has 1 aliphatic heterocycles. The number of hydrogen-bond acceptors (Lipinski definition) is 3. The molecule has 0 bridgehead atoms. The fraction of sp³-hybridized carbons (Fsp3) is 0.857. The number of piperidine rings is 1. The maximum Gasteiger partial charge on any atom is 0.410 e. The van der Waals surface area contributed by atoms with Crippen molar-refractivity contribution in [2.45, 2.75) is 64.5 Å². The lowest BCUT2D eigenvalue weighted by atomic mass is 9.62. The first-order valence-corrected chi connectivity index (χ1v) is 6.80. The van der Waals surface area contributed by atoms with E-state index in [-0.39, 0.29) is 12.1 Å². The third-order valence-corrected chi connectivity index (χ3v) is 4.12. The third kappa shape index (κ3) is 2.68. The quantitative estimate of drug-likeness (QED) is 0.675. The van der Waals surface area contributed by atoms with Crippen LogP contribution in [-0.4, -0.2) is 35.5 Å². The number of ether oxygens (including phenoxy) is 1. The molecule has 1 spiro atoms. The summed E-state index contributed by atoms with van der Waals surface area (Å²) in [6.07, 6.45) is 6.06. The predicted molar refractivity (Wildman–Crippen MR) is 68.3 cm³/mol. The van der Waals surface area contributed by atoms with E-state index in [1.807, 2.05) is 20.8 Å². The Morgan fingerprint density at radius 1 is 1.33 bits per heavy atom. The summed E-state index contributed by atoms with van der Waals surface area (Å²) >= 11 is 0. The van der Waals surface area contributed by atoms with Crippen LogP contribution in [0.4, 0.5) is 4.79 Å². The Bertz CT molecular complexity index is 341. The van der Waals surface area contributed by atoms with Crippen molar-refractivity contribution in [2.24, 2.45) is 5.41 Å². The van der Waals surface area contributed by atoms with E-state index in [2.05, 4.69) is 0 Å². The van der Waals surface area contributed by atoms with Crippen LogP contribution >= 0.6 is 0 Å². The SMILES string of the molecule is CC(C)(C)OC(=O)N1CCC2(CCC2)CC1C=O. The molecule has 2 aliphatic rings. The molecule has 1 saturated heterocycles. The normalized spacial score (nSPS) is 26.6. The van der Waals surface area contributed by atoms with Gasteiger partial charge in [-0.05, 0) is 51.9 Å². The molecule has 0 aromatic heterocycles. The first-order valence-electron chi connectivity index (χ1n) is 6.80. The molecule has 4 nitrogen and oxygen atoms in total. The predicted octanol–water partition coefficient (Wildman–Crippen LogP) is 2.76. The van der Waals surface area contributed by atoms with Crippen molar-refractivity contribution in [2.75, 3.05) is 6.54 Å². The Balaban J connectivity index is 2.00. The first-order chi connectivity index (χ1) is 8.35. The molecule has 4 heteroatoms. The summed E-state index contributed by atoms with van der Waals surface area (Å²) in [5.41, 5.74) is -0.166. The second kappa shape index (κ2) is 4.56. The molecule has 1 atom stereocenters. The van der Waals surface area contributed by atoms with E-state index in [0.29, 0.717) is 12.0 Å². The summed E-state index contributed by atoms with van der Waals surface area (Å²) in [5, 5.41) is 0. The van der Waals surface area contributed by atoms with Gasteiger partial charge in [-0.1, -0.05) is 6.42 Å². The van der Waals surface area contributed by atoms with Gasteiger partial charge in [-0.3, -0.25) is 4.90 Å². The lowest BCUT2D eigenvalue weighted by molar-refractivity contribution is -0.117. The Hall–Kier alpha value is -1.06. The van der Waals surface area contributed by atoms with Crippen molar-refractivity contribution < 1.29 is 14.3 Å². The van der Waals surface area contributed by atoms with Crippen LogP contribution in [0.3, 0.4) is 0 Å². The highest BCUT2D eigenvalue weighted by Gasteiger charge is 2.45. The van der Waals surface area contributed by atoms with Crippen molar-refractivity contribution in [3.8, 4) is 0 Å². The van der Waals surface area contributed by atoms with Crippen molar-refractivity contribution >= 4 is 12.4 Å². The molecule has 1 unspecified atom stereocenters. The molecule has 1 amide bonds. The van der Waals surface area contributed by atoms with Gasteiger partial charge in [0.25, 0.3) is 0 Å². The molecule has 0 aromatic carbocycles. The average Bonchev–Trinajstić information content (AvgIpc) is 2.23. The van der Waals surface area contributed by atoms with E-state index < -0.39 is 5.60 Å². The minimum atomic E-state index is -0.504. The van der Waals surface area contributed by atoms with E-state index >= 15 is 0 Å². The van der Waals surface area contributed by atoms with Crippen LogP contribution in [0.15, 0.2) is 0 Å². The number of carbonyl (C=O) groups excluding carboxylic acids is 2. The van der Waals surface area contributed by atoms with Gasteiger partial charge in [-0.15, -0.1) is 0 Å². The van der Waals surface area contributed by atoms with Crippen LogP contribution in [0.2, 0.25) is 0 Å². The Morgan fingerprint density at radius 2 is 2.00 bits per heavy atom. The fourth-order valence-corrected chi connectivity index (χ4v) is 2.98. The summed E-state index contributed by atoms with van der Waals surface area (Å²) in [6, 6.07) is -0.297. The van der Waals surface area contributed by atoms with Crippen LogP contribution in [0.25, 0.3) is 0 Å². The van der Waals surface area contributed by atoms with Gasteiger partial charge in [-0.2, -0.15) is 0 Å². The van der Waals surface area contributed by atoms with E-state index in [9.17, 15) is 9.59 Å². The van der Waals surface area contributed by atoms with E-state index in [1.165, 1.54) is 19.3 Å². The molecule has 0 radical (unpaired) electrons. The van der Waals surface area contributed by atoms with Crippen LogP contribution in [0.5, 0.6) is 0 Å². The molecule has 1 aliphatic carbocycles. The van der Waals surface area contributed by atoms with E-state index in [1.54, 1.807) is 4.90 Å². The van der Waals surface area contributed by atoms with Crippen molar-refractivity contribution in [1.29, 1.82) is 0 Å². The number of likely N-dealkylation sites (tertiary alicyclic amines) is 1. The van der Waals surface area contributed by atoms with E-state index in [0.717, 1.165) is 19.1 Å². The highest BCUT2D eigenvalue weighted by Crippen LogP contribution is 2.50. The highest BCUT2D eigenvalue weighted by atomic mass is 16.6. The van der Waals surface area contributed by atoms with Crippen LogP contribution in [-0.2, 0) is 9.53 Å². The van der Waals surface area contributed by atoms with Crippen LogP contribution < -0.4 is 0 Å². The molecule has 1 heterocycles. The largest absolute Gasteiger partial charge is 0.444 e. The average molecular weight is 253 g/mol. The van der Waals surface area contributed by atoms with Crippen molar-refractivity contribution in [1.82, 2.24) is 4.90 Å². The number of aldehydes is 1. The molecule has 0 aromatic rings. The summed E-state index contributed by atoms with van der Waals surface area (Å²) in [6.45, 7) is 6.19. The minimum Gasteiger partial charge on any atom is -0.444 e. The first kappa shape index (κ1) is 13.4. The lowest BCUT2D eigenvalue weighted by Crippen LogP contribution is -2.53. The van der Waals surface area contributed by atoms with Crippen LogP contribution in [0, 0.1) is 5.41 Å². The Labute approximate surface area is 109 Å². The molecule has 18 heavy (non-hydrogen) atoms. The molecule has 2 rings (SSSR count). The topological polar surface area (TPSA) is 46.6 Å². The maximum atomic E-state index is 12.0. The Kier molecular flexibility index (Phi) is 3.39. The summed E-state index contributed by atoms with van der Waals surface area (Å²) in [7, 11) is 0. The fourth-order valence-electron chi connectivity index (χ4n) is 2.98. The zero-order chi connectivity index (χ0) is 13.4. The second-order valence-corrected chi connectivity index (χ2v) is 6.68. The maximum absolute atomic E-state index is 12.0. The molecular formula is C14H23NO3. The summed E-state index contributed by atoms with van der Waals surface area (Å²) in [5.74, 6) is 0. The smallest absolute Gasteiger partial charge is 0.410 e. The van der Waals surface area contributed by atoms with E-state index in [4.69, 9.17) is 4.74 Å². The standard InChI is InChI=1S/C14H23NO3/c1-13(2,3)18-12(17)15-8-7-14(5-4-6-14)9-11(15)10-16/h10-11H,4-9H2,1-3H3. The van der Waals surface area contributed by atoms with Crippen LogP contribution in [0.1, 0.15) is 52.9 Å². The van der Waals surface area contributed by atoms with Gasteiger partial charge >= 0.3 is 6.09 Å². The summed E-state index contributed by atoms with van der Waals surface area (Å²) < 4.78 is 5.36. The molecular weight excluding hydrogens is 230 g/mol.